The van der Waals surface area contributed by atoms with E-state index in [1.54, 1.807) is 50.4 Å². The Bertz CT molecular complexity index is 1150. The highest BCUT2D eigenvalue weighted by Gasteiger charge is 2.56. The van der Waals surface area contributed by atoms with Crippen molar-refractivity contribution in [3.8, 4) is 0 Å². The first kappa shape index (κ1) is 26.3. The number of nitrogens with one attached hydrogen (secondary N) is 2. The number of halogens is 2. The molecule has 0 radical (unpaired) electrons. The molecule has 0 bridgehead atoms. The van der Waals surface area contributed by atoms with Crippen LogP contribution in [-0.4, -0.2) is 55.6 Å². The van der Waals surface area contributed by atoms with Crippen molar-refractivity contribution >= 4 is 65.2 Å². The number of thiophene rings is 1. The van der Waals surface area contributed by atoms with Crippen LogP contribution in [0, 0.1) is 0 Å². The number of quaternary nitrogens is 1. The third kappa shape index (κ3) is 5.35. The van der Waals surface area contributed by atoms with Gasteiger partial charge in [-0.1, -0.05) is 22.0 Å². The van der Waals surface area contributed by atoms with Crippen LogP contribution in [0.3, 0.4) is 0 Å². The van der Waals surface area contributed by atoms with E-state index in [-0.39, 0.29) is 30.3 Å². The van der Waals surface area contributed by atoms with Crippen LogP contribution in [0.2, 0.25) is 0 Å². The molecule has 1 aliphatic heterocycles. The number of likely N-dealkylation sites (tertiary alicyclic amines) is 1. The fraction of sp³-hybridized carbons (Fsp3) is 0.429. The second-order valence-electron chi connectivity index (χ2n) is 8.96. The third-order valence-electron chi connectivity index (χ3n) is 5.96. The van der Waals surface area contributed by atoms with E-state index in [1.165, 1.54) is 17.4 Å². The van der Waals surface area contributed by atoms with Gasteiger partial charge in [0.05, 0.1) is 27.9 Å². The maximum Gasteiger partial charge on any atom is 0.261 e. The van der Waals surface area contributed by atoms with E-state index < -0.39 is 38.2 Å². The van der Waals surface area contributed by atoms with Crippen LogP contribution in [0.4, 0.5) is 4.79 Å². The summed E-state index contributed by atoms with van der Waals surface area (Å²) in [6.07, 6.45) is -1.08. The van der Waals surface area contributed by atoms with Crippen LogP contribution in [0.25, 0.3) is 0 Å². The van der Waals surface area contributed by atoms with Crippen molar-refractivity contribution in [3.63, 3.8) is 0 Å². The minimum absolute atomic E-state index is 0.00375. The Hall–Kier alpha value is -1.31. The minimum atomic E-state index is -3.94. The molecule has 3 rings (SSSR count). The first-order valence-electron chi connectivity index (χ1n) is 10.2. The summed E-state index contributed by atoms with van der Waals surface area (Å²) in [6.45, 7) is 5.40. The molecule has 1 aromatic carbocycles. The summed E-state index contributed by atoms with van der Waals surface area (Å²) in [6, 6.07) is 7.00. The number of carboxylic acid groups (broad SMARTS) is 1. The number of benzene rings is 1. The zero-order chi connectivity index (χ0) is 24.6. The molecule has 180 valence electrons. The first-order valence-corrected chi connectivity index (χ1v) is 14.1. The normalized spacial score (nSPS) is 23.4. The predicted molar refractivity (Wildman–Crippen MR) is 131 cm³/mol. The van der Waals surface area contributed by atoms with Gasteiger partial charge in [-0.2, -0.15) is 0 Å². The number of carbonyl (C=O) groups is 2. The number of carbonyl (C=O) groups excluding carboxylic acids is 2. The molecular formula is C21H25Br2N3O5S2. The Kier molecular flexibility index (Phi) is 7.77. The molecule has 1 aromatic heterocycles. The average molecular weight is 623 g/mol. The molecule has 1 fully saturated rings. The largest absolute Gasteiger partial charge is 0.498 e. The summed E-state index contributed by atoms with van der Waals surface area (Å²) in [5.74, 6) is -0.294. The maximum atomic E-state index is 13.1. The molecule has 0 aliphatic carbocycles. The molecule has 1 unspecified atom stereocenters. The molecule has 2 amide bonds. The summed E-state index contributed by atoms with van der Waals surface area (Å²) < 4.78 is 29.4. The second kappa shape index (κ2) is 9.74. The van der Waals surface area contributed by atoms with Crippen molar-refractivity contribution < 1.29 is 27.6 Å². The second-order valence-corrected chi connectivity index (χ2v) is 13.4. The van der Waals surface area contributed by atoms with Crippen molar-refractivity contribution in [2.75, 3.05) is 13.1 Å². The maximum absolute atomic E-state index is 13.1. The average Bonchev–Trinajstić information content (AvgIpc) is 3.35. The van der Waals surface area contributed by atoms with Gasteiger partial charge < -0.3 is 15.2 Å². The van der Waals surface area contributed by atoms with E-state index in [9.17, 15) is 23.1 Å². The Labute approximate surface area is 214 Å². The molecule has 2 aromatic rings. The standard InChI is InChI=1S/C21H25Br2N3O5S2/c1-21(2,3)26(20(28)29)12-14(10-15(26)11-24-19(27)17-5-4-8-32-17)25-33(30,31)18-9-13(22)6-7-16(18)23/h4-9,14-15,25H,10-12H2,1-3H3,(H-,24,27,28,29)/t14-,15-,26?/m1/s1. The first-order chi connectivity index (χ1) is 15.3. The minimum Gasteiger partial charge on any atom is -0.498 e. The zero-order valence-electron chi connectivity index (χ0n) is 18.3. The van der Waals surface area contributed by atoms with Crippen molar-refractivity contribution in [3.05, 3.63) is 49.5 Å². The molecule has 0 spiro atoms. The number of amides is 2. The van der Waals surface area contributed by atoms with Gasteiger partial charge in [0.15, 0.2) is 0 Å². The monoisotopic (exact) mass is 621 g/mol. The SMILES string of the molecule is CC(C)(C)[N+]1(C(=O)[O-])C[C@H](NS(=O)(=O)c2cc(Br)ccc2Br)C[C@@H]1CNC(=O)c1cccs1. The lowest BCUT2D eigenvalue weighted by molar-refractivity contribution is -0.929. The van der Waals surface area contributed by atoms with Crippen molar-refractivity contribution in [1.82, 2.24) is 10.0 Å². The molecule has 3 atom stereocenters. The number of rotatable bonds is 6. The van der Waals surface area contributed by atoms with E-state index in [2.05, 4.69) is 41.9 Å². The van der Waals surface area contributed by atoms with Crippen molar-refractivity contribution in [2.45, 2.75) is 49.7 Å². The number of hydrogen-bond acceptors (Lipinski definition) is 6. The predicted octanol–water partition coefficient (Wildman–Crippen LogP) is 3.08. The van der Waals surface area contributed by atoms with Gasteiger partial charge in [-0.3, -0.25) is 9.28 Å². The van der Waals surface area contributed by atoms with Gasteiger partial charge in [0, 0.05) is 15.4 Å². The van der Waals surface area contributed by atoms with Crippen LogP contribution >= 0.6 is 43.2 Å². The van der Waals surface area contributed by atoms with Gasteiger partial charge in [-0.05, 0) is 66.3 Å². The smallest absolute Gasteiger partial charge is 0.261 e. The van der Waals surface area contributed by atoms with E-state index in [0.29, 0.717) is 13.8 Å². The molecule has 2 heterocycles. The molecule has 1 saturated heterocycles. The molecule has 0 saturated carbocycles. The fourth-order valence-electron chi connectivity index (χ4n) is 4.39. The van der Waals surface area contributed by atoms with Crippen LogP contribution in [0.15, 0.2) is 49.6 Å². The third-order valence-corrected chi connectivity index (χ3v) is 9.84. The molecular weight excluding hydrogens is 598 g/mol. The summed E-state index contributed by atoms with van der Waals surface area (Å²) in [4.78, 5) is 25.5. The Balaban J connectivity index is 1.88. The quantitative estimate of drug-likeness (QED) is 0.481. The number of nitrogens with zero attached hydrogens (tertiary/aromatic N) is 1. The Morgan fingerprint density at radius 2 is 1.94 bits per heavy atom. The van der Waals surface area contributed by atoms with E-state index >= 15 is 0 Å². The molecule has 2 N–H and O–H groups in total. The fourth-order valence-corrected chi connectivity index (χ4v) is 7.78. The van der Waals surface area contributed by atoms with Gasteiger partial charge in [0.25, 0.3) is 12.0 Å². The van der Waals surface area contributed by atoms with Gasteiger partial charge in [0.2, 0.25) is 10.0 Å². The van der Waals surface area contributed by atoms with Gasteiger partial charge in [-0.25, -0.2) is 13.1 Å². The van der Waals surface area contributed by atoms with Crippen LogP contribution in [0.1, 0.15) is 36.9 Å². The lowest BCUT2D eigenvalue weighted by Crippen LogP contribution is -2.71. The van der Waals surface area contributed by atoms with E-state index in [0.717, 1.165) is 0 Å². The summed E-state index contributed by atoms with van der Waals surface area (Å²) in [5.41, 5.74) is -0.798. The van der Waals surface area contributed by atoms with Crippen LogP contribution in [-0.2, 0) is 10.0 Å². The zero-order valence-corrected chi connectivity index (χ0v) is 23.1. The summed E-state index contributed by atoms with van der Waals surface area (Å²) in [5, 5.41) is 17.1. The summed E-state index contributed by atoms with van der Waals surface area (Å²) >= 11 is 7.84. The highest BCUT2D eigenvalue weighted by Crippen LogP contribution is 2.37. The van der Waals surface area contributed by atoms with E-state index in [1.807, 2.05) is 0 Å². The Morgan fingerprint density at radius 3 is 2.52 bits per heavy atom. The van der Waals surface area contributed by atoms with Crippen molar-refractivity contribution in [2.24, 2.45) is 0 Å². The van der Waals surface area contributed by atoms with Gasteiger partial charge in [0.1, 0.15) is 12.6 Å². The number of hydrogen-bond donors (Lipinski definition) is 2. The molecule has 1 aliphatic rings. The lowest BCUT2D eigenvalue weighted by Gasteiger charge is -2.49. The van der Waals surface area contributed by atoms with Crippen LogP contribution < -0.4 is 15.1 Å². The highest BCUT2D eigenvalue weighted by molar-refractivity contribution is 9.11. The molecule has 8 nitrogen and oxygen atoms in total. The molecule has 33 heavy (non-hydrogen) atoms. The van der Waals surface area contributed by atoms with Gasteiger partial charge in [-0.15, -0.1) is 11.3 Å². The van der Waals surface area contributed by atoms with E-state index in [4.69, 9.17) is 0 Å². The lowest BCUT2D eigenvalue weighted by atomic mass is 9.99. The highest BCUT2D eigenvalue weighted by atomic mass is 79.9. The van der Waals surface area contributed by atoms with Crippen LogP contribution in [0.5, 0.6) is 0 Å². The number of sulfonamides is 1. The van der Waals surface area contributed by atoms with Crippen molar-refractivity contribution in [1.29, 1.82) is 0 Å². The van der Waals surface area contributed by atoms with Gasteiger partial charge >= 0.3 is 0 Å². The Morgan fingerprint density at radius 1 is 1.24 bits per heavy atom. The summed E-state index contributed by atoms with van der Waals surface area (Å²) in [7, 11) is -3.94. The molecule has 12 heteroatoms. The topological polar surface area (TPSA) is 115 Å².